The summed E-state index contributed by atoms with van der Waals surface area (Å²) < 4.78 is 6.20. The summed E-state index contributed by atoms with van der Waals surface area (Å²) >= 11 is 0. The first-order chi connectivity index (χ1) is 27.7. The molecule has 0 saturated heterocycles. The molecule has 0 aromatic heterocycles. The van der Waals surface area contributed by atoms with Crippen LogP contribution in [-0.4, -0.2) is 23.5 Å². The average Bonchev–Trinajstić information content (AvgIpc) is 3.18. The lowest BCUT2D eigenvalue weighted by Crippen LogP contribution is -2.45. The molecule has 0 fully saturated rings. The molecule has 1 unspecified atom stereocenters. The molecule has 57 heavy (non-hydrogen) atoms. The highest BCUT2D eigenvalue weighted by Crippen LogP contribution is 2.31. The van der Waals surface area contributed by atoms with E-state index in [2.05, 4.69) is 41.5 Å². The third-order valence-corrected chi connectivity index (χ3v) is 11.8. The second kappa shape index (κ2) is 41.2. The Bertz CT molecular complexity index is 900. The number of carbonyl (C=O) groups excluding carboxylic acids is 3. The van der Waals surface area contributed by atoms with Gasteiger partial charge in [-0.05, 0) is 50.4 Å². The number of unbranched alkanes of at least 4 members (excludes halogenated alkanes) is 29. The first kappa shape index (κ1) is 55.4. The molecule has 0 amide bonds. The molecule has 0 aromatic carbocycles. The van der Waals surface area contributed by atoms with Crippen LogP contribution in [0.15, 0.2) is 0 Å². The molecule has 0 heterocycles. The van der Waals surface area contributed by atoms with Crippen LogP contribution < -0.4 is 0 Å². The van der Waals surface area contributed by atoms with E-state index in [0.29, 0.717) is 25.2 Å². The van der Waals surface area contributed by atoms with E-state index >= 15 is 0 Å². The van der Waals surface area contributed by atoms with E-state index < -0.39 is 17.5 Å². The maximum Gasteiger partial charge on any atom is 0.398 e. The lowest BCUT2D eigenvalue weighted by molar-refractivity contribution is -0.273. The molecule has 0 aliphatic rings. The van der Waals surface area contributed by atoms with Gasteiger partial charge in [-0.2, -0.15) is 0 Å². The Morgan fingerprint density at radius 1 is 0.368 bits per heavy atom. The van der Waals surface area contributed by atoms with Crippen molar-refractivity contribution in [3.63, 3.8) is 0 Å². The minimum Gasteiger partial charge on any atom is -0.447 e. The van der Waals surface area contributed by atoms with Crippen LogP contribution in [0, 0.1) is 11.8 Å². The minimum atomic E-state index is -1.41. The van der Waals surface area contributed by atoms with Gasteiger partial charge < -0.3 is 4.74 Å². The van der Waals surface area contributed by atoms with Crippen LogP contribution in [0.3, 0.4) is 0 Å². The molecule has 0 spiro atoms. The van der Waals surface area contributed by atoms with Crippen LogP contribution in [-0.2, 0) is 28.9 Å². The molecule has 0 radical (unpaired) electrons. The Balaban J connectivity index is 5.19. The Hall–Kier alpha value is -1.59. The number of hydrogen-bond acceptors (Lipinski definition) is 6. The second-order valence-corrected chi connectivity index (χ2v) is 18.6. The first-order valence-corrected chi connectivity index (χ1v) is 25.3. The summed E-state index contributed by atoms with van der Waals surface area (Å²) in [6.07, 6.45) is 42.2. The van der Waals surface area contributed by atoms with Crippen molar-refractivity contribution >= 4 is 17.9 Å². The smallest absolute Gasteiger partial charge is 0.398 e. The third kappa shape index (κ3) is 37.2. The largest absolute Gasteiger partial charge is 0.447 e. The van der Waals surface area contributed by atoms with Gasteiger partial charge in [0.1, 0.15) is 0 Å². The Kier molecular flexibility index (Phi) is 40.0. The fourth-order valence-electron chi connectivity index (χ4n) is 7.97. The summed E-state index contributed by atoms with van der Waals surface area (Å²) in [7, 11) is 0. The fraction of sp³-hybridized carbons (Fsp3) is 0.941. The van der Waals surface area contributed by atoms with Gasteiger partial charge in [-0.3, -0.25) is 4.79 Å². The Labute approximate surface area is 355 Å². The predicted molar refractivity (Wildman–Crippen MR) is 242 cm³/mol. The SMILES string of the molecule is CCCCCCCCCCCCCCCC(=O)OOC(=O)C(CCCCCCCCCCCC)(CCCCCCCCCC(C)C)OC(=O)CCCCCC(C)C. The van der Waals surface area contributed by atoms with Gasteiger partial charge in [0, 0.05) is 6.42 Å². The summed E-state index contributed by atoms with van der Waals surface area (Å²) in [6.45, 7) is 13.5. The van der Waals surface area contributed by atoms with E-state index in [1.54, 1.807) is 0 Å². The lowest BCUT2D eigenvalue weighted by Gasteiger charge is -2.30. The highest BCUT2D eigenvalue weighted by Gasteiger charge is 2.44. The molecule has 0 N–H and O–H groups in total. The number of carbonyl (C=O) groups is 3. The highest BCUT2D eigenvalue weighted by molar-refractivity contribution is 5.84. The van der Waals surface area contributed by atoms with E-state index in [4.69, 9.17) is 14.5 Å². The molecule has 6 nitrogen and oxygen atoms in total. The zero-order valence-corrected chi connectivity index (χ0v) is 39.2. The van der Waals surface area contributed by atoms with Gasteiger partial charge in [0.25, 0.3) is 0 Å². The molecular formula is C51H98O6. The summed E-state index contributed by atoms with van der Waals surface area (Å²) in [5.41, 5.74) is -1.41. The fourth-order valence-corrected chi connectivity index (χ4v) is 7.97. The van der Waals surface area contributed by atoms with Crippen molar-refractivity contribution in [1.82, 2.24) is 0 Å². The zero-order valence-electron chi connectivity index (χ0n) is 39.2. The molecule has 6 heteroatoms. The monoisotopic (exact) mass is 807 g/mol. The van der Waals surface area contributed by atoms with Gasteiger partial charge >= 0.3 is 17.9 Å². The van der Waals surface area contributed by atoms with Gasteiger partial charge in [-0.15, -0.1) is 0 Å². The zero-order chi connectivity index (χ0) is 42.1. The van der Waals surface area contributed by atoms with E-state index in [1.807, 2.05) is 0 Å². The van der Waals surface area contributed by atoms with Gasteiger partial charge in [0.2, 0.25) is 5.60 Å². The van der Waals surface area contributed by atoms with E-state index in [9.17, 15) is 14.4 Å². The summed E-state index contributed by atoms with van der Waals surface area (Å²) in [5.74, 6) is -0.165. The Morgan fingerprint density at radius 3 is 1.04 bits per heavy atom. The van der Waals surface area contributed by atoms with Crippen LogP contribution in [0.5, 0.6) is 0 Å². The van der Waals surface area contributed by atoms with Crippen LogP contribution in [0.1, 0.15) is 292 Å². The average molecular weight is 807 g/mol. The van der Waals surface area contributed by atoms with Gasteiger partial charge in [0.05, 0.1) is 6.42 Å². The number of ether oxygens (including phenoxy) is 1. The number of hydrogen-bond donors (Lipinski definition) is 0. The predicted octanol–water partition coefficient (Wildman–Crippen LogP) is 16.8. The molecule has 0 bridgehead atoms. The van der Waals surface area contributed by atoms with Gasteiger partial charge in [-0.25, -0.2) is 19.4 Å². The summed E-state index contributed by atoms with van der Waals surface area (Å²) in [5, 5.41) is 0. The molecule has 0 aliphatic heterocycles. The standard InChI is InChI=1S/C51H98O6/c1-7-9-11-13-15-17-19-20-21-22-26-30-36-43-49(53)56-57-50(54)51(55-48(52)42-37-33-35-41-47(5)6,44-38-31-27-23-18-16-14-12-10-8-2)45-39-32-28-24-25-29-34-40-46(3)4/h46-47H,7-45H2,1-6H3. The summed E-state index contributed by atoms with van der Waals surface area (Å²) in [4.78, 5) is 50.5. The maximum atomic E-state index is 14.0. The van der Waals surface area contributed by atoms with Crippen molar-refractivity contribution in [3.8, 4) is 0 Å². The molecule has 0 saturated carbocycles. The van der Waals surface area contributed by atoms with Crippen molar-refractivity contribution in [2.24, 2.45) is 11.8 Å². The van der Waals surface area contributed by atoms with Crippen LogP contribution in [0.4, 0.5) is 0 Å². The molecule has 0 aliphatic carbocycles. The molecular weight excluding hydrogens is 709 g/mol. The second-order valence-electron chi connectivity index (χ2n) is 18.6. The van der Waals surface area contributed by atoms with Crippen molar-refractivity contribution in [3.05, 3.63) is 0 Å². The van der Waals surface area contributed by atoms with Crippen molar-refractivity contribution in [1.29, 1.82) is 0 Å². The molecule has 0 aromatic rings. The maximum absolute atomic E-state index is 14.0. The van der Waals surface area contributed by atoms with Crippen molar-refractivity contribution in [2.45, 2.75) is 298 Å². The van der Waals surface area contributed by atoms with Crippen molar-refractivity contribution < 1.29 is 28.9 Å². The summed E-state index contributed by atoms with van der Waals surface area (Å²) in [6, 6.07) is 0. The van der Waals surface area contributed by atoms with E-state index in [-0.39, 0.29) is 12.4 Å². The van der Waals surface area contributed by atoms with Crippen LogP contribution in [0.2, 0.25) is 0 Å². The third-order valence-electron chi connectivity index (χ3n) is 11.8. The van der Waals surface area contributed by atoms with Gasteiger partial charge in [-0.1, -0.05) is 241 Å². The quantitative estimate of drug-likeness (QED) is 0.0264. The number of esters is 1. The van der Waals surface area contributed by atoms with E-state index in [0.717, 1.165) is 89.4 Å². The molecule has 1 atom stereocenters. The molecule has 338 valence electrons. The molecule has 0 rings (SSSR count). The topological polar surface area (TPSA) is 78.9 Å². The first-order valence-electron chi connectivity index (χ1n) is 25.3. The lowest BCUT2D eigenvalue weighted by atomic mass is 9.89. The minimum absolute atomic E-state index is 0.226. The highest BCUT2D eigenvalue weighted by atomic mass is 17.2. The van der Waals surface area contributed by atoms with Crippen LogP contribution in [0.25, 0.3) is 0 Å². The number of rotatable bonds is 43. The van der Waals surface area contributed by atoms with Gasteiger partial charge in [0.15, 0.2) is 0 Å². The normalized spacial score (nSPS) is 12.6. The Morgan fingerprint density at radius 2 is 0.667 bits per heavy atom. The van der Waals surface area contributed by atoms with Crippen molar-refractivity contribution in [2.75, 3.05) is 0 Å². The van der Waals surface area contributed by atoms with E-state index in [1.165, 1.54) is 141 Å². The van der Waals surface area contributed by atoms with Crippen LogP contribution >= 0.6 is 0 Å².